The fourth-order valence-corrected chi connectivity index (χ4v) is 3.59. The minimum absolute atomic E-state index is 0.135. The molecule has 0 aliphatic rings. The Labute approximate surface area is 135 Å². The van der Waals surface area contributed by atoms with Crippen molar-refractivity contribution >= 4 is 21.6 Å². The summed E-state index contributed by atoms with van der Waals surface area (Å²) < 4.78 is 0.633. The maximum absolute atomic E-state index is 12.4. The van der Waals surface area contributed by atoms with Gasteiger partial charge < -0.3 is 4.98 Å². The lowest BCUT2D eigenvalue weighted by Gasteiger charge is -2.03. The first kappa shape index (κ1) is 13.8. The van der Waals surface area contributed by atoms with E-state index < -0.39 is 0 Å². The average Bonchev–Trinajstić information content (AvgIpc) is 2.93. The van der Waals surface area contributed by atoms with E-state index in [0.717, 1.165) is 16.0 Å². The largest absolute Gasteiger partial charge is 0.304 e. The molecule has 4 aromatic rings. The van der Waals surface area contributed by atoms with Crippen LogP contribution in [0.3, 0.4) is 0 Å². The number of aryl methyl sites for hydroxylation is 1. The van der Waals surface area contributed by atoms with Gasteiger partial charge in [0.15, 0.2) is 5.82 Å². The van der Waals surface area contributed by atoms with Gasteiger partial charge in [-0.05, 0) is 36.8 Å². The summed E-state index contributed by atoms with van der Waals surface area (Å²) in [5, 5.41) is 0. The quantitative estimate of drug-likeness (QED) is 0.614. The van der Waals surface area contributed by atoms with Crippen LogP contribution < -0.4 is 5.56 Å². The SMILES string of the molecule is Cc1sc2c(=O)[nH]c(-c3ccccn3)nc2c1-c1ccncc1. The third-order valence-corrected chi connectivity index (χ3v) is 4.69. The Hall–Kier alpha value is -2.86. The van der Waals surface area contributed by atoms with Gasteiger partial charge in [-0.25, -0.2) is 4.98 Å². The van der Waals surface area contributed by atoms with E-state index in [9.17, 15) is 4.79 Å². The van der Waals surface area contributed by atoms with Crippen LogP contribution in [0.5, 0.6) is 0 Å². The monoisotopic (exact) mass is 320 g/mol. The molecule has 0 aromatic carbocycles. The molecule has 5 nitrogen and oxygen atoms in total. The van der Waals surface area contributed by atoms with Gasteiger partial charge in [-0.1, -0.05) is 6.07 Å². The number of fused-ring (bicyclic) bond motifs is 1. The smallest absolute Gasteiger partial charge is 0.269 e. The highest BCUT2D eigenvalue weighted by atomic mass is 32.1. The second-order valence-electron chi connectivity index (χ2n) is 5.08. The summed E-state index contributed by atoms with van der Waals surface area (Å²) in [5.41, 5.74) is 3.22. The summed E-state index contributed by atoms with van der Waals surface area (Å²) in [7, 11) is 0. The second-order valence-corrected chi connectivity index (χ2v) is 6.30. The van der Waals surface area contributed by atoms with Gasteiger partial charge in [-0.2, -0.15) is 0 Å². The molecule has 0 saturated heterocycles. The van der Waals surface area contributed by atoms with Crippen molar-refractivity contribution in [2.24, 2.45) is 0 Å². The van der Waals surface area contributed by atoms with Crippen LogP contribution in [0.15, 0.2) is 53.7 Å². The van der Waals surface area contributed by atoms with Crippen molar-refractivity contribution in [3.63, 3.8) is 0 Å². The van der Waals surface area contributed by atoms with Crippen molar-refractivity contribution in [3.8, 4) is 22.6 Å². The first-order chi connectivity index (χ1) is 11.2. The molecule has 0 amide bonds. The van der Waals surface area contributed by atoms with Gasteiger partial charge in [-0.3, -0.25) is 14.8 Å². The number of nitrogens with zero attached hydrogens (tertiary/aromatic N) is 3. The second kappa shape index (κ2) is 5.40. The molecule has 0 aliphatic heterocycles. The topological polar surface area (TPSA) is 71.5 Å². The Kier molecular flexibility index (Phi) is 3.24. The van der Waals surface area contributed by atoms with Crippen molar-refractivity contribution in [1.82, 2.24) is 19.9 Å². The van der Waals surface area contributed by atoms with Gasteiger partial charge in [0.1, 0.15) is 10.4 Å². The number of pyridine rings is 2. The van der Waals surface area contributed by atoms with Crippen LogP contribution in [-0.4, -0.2) is 19.9 Å². The van der Waals surface area contributed by atoms with E-state index in [1.807, 2.05) is 37.3 Å². The van der Waals surface area contributed by atoms with Crippen molar-refractivity contribution < 1.29 is 0 Å². The van der Waals surface area contributed by atoms with Gasteiger partial charge in [0, 0.05) is 29.0 Å². The first-order valence-corrected chi connectivity index (χ1v) is 7.91. The number of H-pyrrole nitrogens is 1. The number of hydrogen-bond donors (Lipinski definition) is 1. The van der Waals surface area contributed by atoms with E-state index in [0.29, 0.717) is 21.7 Å². The zero-order chi connectivity index (χ0) is 15.8. The fourth-order valence-electron chi connectivity index (χ4n) is 2.58. The molecule has 0 spiro atoms. The molecule has 0 saturated carbocycles. The number of aromatic amines is 1. The van der Waals surface area contributed by atoms with E-state index >= 15 is 0 Å². The van der Waals surface area contributed by atoms with Crippen molar-refractivity contribution in [1.29, 1.82) is 0 Å². The van der Waals surface area contributed by atoms with Gasteiger partial charge in [0.25, 0.3) is 5.56 Å². The lowest BCUT2D eigenvalue weighted by Crippen LogP contribution is -2.08. The maximum atomic E-state index is 12.4. The molecule has 1 N–H and O–H groups in total. The molecular formula is C17H12N4OS. The molecule has 0 aliphatic carbocycles. The summed E-state index contributed by atoms with van der Waals surface area (Å²) in [6.45, 7) is 2.00. The normalized spacial score (nSPS) is 11.0. The lowest BCUT2D eigenvalue weighted by atomic mass is 10.1. The van der Waals surface area contributed by atoms with Crippen molar-refractivity contribution in [2.45, 2.75) is 6.92 Å². The Morgan fingerprint density at radius 3 is 2.65 bits per heavy atom. The van der Waals surface area contributed by atoms with E-state index in [1.165, 1.54) is 11.3 Å². The van der Waals surface area contributed by atoms with E-state index in [1.54, 1.807) is 18.6 Å². The van der Waals surface area contributed by atoms with E-state index in [2.05, 4.69) is 19.9 Å². The fraction of sp³-hybridized carbons (Fsp3) is 0.0588. The molecule has 0 fully saturated rings. The zero-order valence-electron chi connectivity index (χ0n) is 12.3. The van der Waals surface area contributed by atoms with Crippen LogP contribution >= 0.6 is 11.3 Å². The van der Waals surface area contributed by atoms with Crippen LogP contribution in [0.25, 0.3) is 32.9 Å². The Balaban J connectivity index is 2.04. The molecule has 112 valence electrons. The predicted molar refractivity (Wildman–Crippen MR) is 91.4 cm³/mol. The minimum atomic E-state index is -0.135. The van der Waals surface area contributed by atoms with Gasteiger partial charge in [0.05, 0.1) is 5.52 Å². The van der Waals surface area contributed by atoms with Crippen molar-refractivity contribution in [3.05, 3.63) is 64.2 Å². The maximum Gasteiger partial charge on any atom is 0.269 e. The van der Waals surface area contributed by atoms with Crippen LogP contribution in [0.1, 0.15) is 4.88 Å². The van der Waals surface area contributed by atoms with Gasteiger partial charge in [0.2, 0.25) is 0 Å². The number of nitrogens with one attached hydrogen (secondary N) is 1. The number of rotatable bonds is 2. The Bertz CT molecular complexity index is 1040. The number of aromatic nitrogens is 4. The predicted octanol–water partition coefficient (Wildman–Crippen LogP) is 3.42. The Morgan fingerprint density at radius 2 is 1.91 bits per heavy atom. The number of hydrogen-bond acceptors (Lipinski definition) is 5. The molecular weight excluding hydrogens is 308 g/mol. The van der Waals surface area contributed by atoms with Crippen LogP contribution in [0.4, 0.5) is 0 Å². The summed E-state index contributed by atoms with van der Waals surface area (Å²) in [4.78, 5) is 29.3. The molecule has 0 bridgehead atoms. The standard InChI is InChI=1S/C17H12N4OS/c1-10-13(11-5-8-18-9-6-11)14-15(23-10)17(22)21-16(20-14)12-4-2-3-7-19-12/h2-9H,1H3,(H,20,21,22). The average molecular weight is 320 g/mol. The molecule has 6 heteroatoms. The number of thiophene rings is 1. The van der Waals surface area contributed by atoms with Gasteiger partial charge >= 0.3 is 0 Å². The highest BCUT2D eigenvalue weighted by molar-refractivity contribution is 7.19. The molecule has 4 heterocycles. The molecule has 0 radical (unpaired) electrons. The highest BCUT2D eigenvalue weighted by Gasteiger charge is 2.16. The molecule has 0 atom stereocenters. The third-order valence-electron chi connectivity index (χ3n) is 3.60. The molecule has 0 unspecified atom stereocenters. The van der Waals surface area contributed by atoms with E-state index in [4.69, 9.17) is 0 Å². The summed E-state index contributed by atoms with van der Waals surface area (Å²) in [6.07, 6.45) is 5.17. The first-order valence-electron chi connectivity index (χ1n) is 7.09. The zero-order valence-corrected chi connectivity index (χ0v) is 13.1. The molecule has 4 aromatic heterocycles. The third kappa shape index (κ3) is 2.33. The minimum Gasteiger partial charge on any atom is -0.304 e. The molecule has 23 heavy (non-hydrogen) atoms. The van der Waals surface area contributed by atoms with Crippen molar-refractivity contribution in [2.75, 3.05) is 0 Å². The summed E-state index contributed by atoms with van der Waals surface area (Å²) in [6, 6.07) is 9.39. The van der Waals surface area contributed by atoms with Crippen LogP contribution in [-0.2, 0) is 0 Å². The summed E-state index contributed by atoms with van der Waals surface area (Å²) >= 11 is 1.46. The highest BCUT2D eigenvalue weighted by Crippen LogP contribution is 2.35. The van der Waals surface area contributed by atoms with Crippen LogP contribution in [0, 0.1) is 6.92 Å². The van der Waals surface area contributed by atoms with Crippen LogP contribution in [0.2, 0.25) is 0 Å². The summed E-state index contributed by atoms with van der Waals surface area (Å²) in [5.74, 6) is 0.483. The lowest BCUT2D eigenvalue weighted by molar-refractivity contribution is 1.15. The Morgan fingerprint density at radius 1 is 1.09 bits per heavy atom. The van der Waals surface area contributed by atoms with E-state index in [-0.39, 0.29) is 5.56 Å². The van der Waals surface area contributed by atoms with Gasteiger partial charge in [-0.15, -0.1) is 11.3 Å². The molecule has 4 rings (SSSR count).